The summed E-state index contributed by atoms with van der Waals surface area (Å²) in [5.74, 6) is -0.495. The summed E-state index contributed by atoms with van der Waals surface area (Å²) < 4.78 is 4.76. The second-order valence-corrected chi connectivity index (χ2v) is 8.39. The van der Waals surface area contributed by atoms with Gasteiger partial charge in [0.2, 0.25) is 5.91 Å². The summed E-state index contributed by atoms with van der Waals surface area (Å²) >= 11 is 1.33. The summed E-state index contributed by atoms with van der Waals surface area (Å²) in [7, 11) is 1.34. The van der Waals surface area contributed by atoms with Gasteiger partial charge in [0.1, 0.15) is 5.25 Å². The van der Waals surface area contributed by atoms with Crippen molar-refractivity contribution in [2.24, 2.45) is 4.99 Å². The lowest BCUT2D eigenvalue weighted by molar-refractivity contribution is -0.142. The number of aliphatic imine (C=N–C) groups is 1. The first-order valence-corrected chi connectivity index (χ1v) is 10.7. The molecule has 1 aliphatic rings. The van der Waals surface area contributed by atoms with Gasteiger partial charge in [-0.25, -0.2) is 4.99 Å². The summed E-state index contributed by atoms with van der Waals surface area (Å²) in [6.07, 6.45) is 2.73. The van der Waals surface area contributed by atoms with Crippen molar-refractivity contribution in [3.8, 4) is 0 Å². The number of esters is 1. The molecule has 0 unspecified atom stereocenters. The third-order valence-electron chi connectivity index (χ3n) is 5.11. The maximum Gasteiger partial charge on any atom is 0.307 e. The predicted molar refractivity (Wildman–Crippen MR) is 120 cm³/mol. The van der Waals surface area contributed by atoms with E-state index in [4.69, 9.17) is 4.74 Å². The average molecular weight is 422 g/mol. The van der Waals surface area contributed by atoms with Crippen LogP contribution in [0.5, 0.6) is 0 Å². The zero-order chi connectivity index (χ0) is 21.1. The molecule has 1 aromatic heterocycles. The van der Waals surface area contributed by atoms with Crippen molar-refractivity contribution in [1.82, 2.24) is 9.88 Å². The molecule has 0 spiro atoms. The number of fused-ring (bicyclic) bond motifs is 1. The first kappa shape index (κ1) is 20.2. The van der Waals surface area contributed by atoms with E-state index >= 15 is 0 Å². The van der Waals surface area contributed by atoms with Crippen LogP contribution in [-0.2, 0) is 20.7 Å². The van der Waals surface area contributed by atoms with E-state index in [9.17, 15) is 9.59 Å². The van der Waals surface area contributed by atoms with Crippen LogP contribution in [0.4, 0.5) is 5.69 Å². The lowest BCUT2D eigenvalue weighted by Gasteiger charge is -2.16. The average Bonchev–Trinajstić information content (AvgIpc) is 3.27. The van der Waals surface area contributed by atoms with E-state index in [1.807, 2.05) is 36.5 Å². The van der Waals surface area contributed by atoms with Gasteiger partial charge in [0, 0.05) is 23.6 Å². The molecule has 1 amide bonds. The predicted octanol–water partition coefficient (Wildman–Crippen LogP) is 4.21. The molecule has 1 atom stereocenters. The Morgan fingerprint density at radius 1 is 1.23 bits per heavy atom. The number of nitrogens with one attached hydrogen (secondary N) is 1. The van der Waals surface area contributed by atoms with Crippen LogP contribution >= 0.6 is 11.8 Å². The minimum absolute atomic E-state index is 0.0383. The van der Waals surface area contributed by atoms with Gasteiger partial charge >= 0.3 is 5.97 Å². The Morgan fingerprint density at radius 2 is 2.03 bits per heavy atom. The monoisotopic (exact) mass is 421 g/mol. The fourth-order valence-electron chi connectivity index (χ4n) is 3.51. The lowest BCUT2D eigenvalue weighted by atomic mass is 10.1. The maximum absolute atomic E-state index is 13.0. The van der Waals surface area contributed by atoms with Gasteiger partial charge in [0.15, 0.2) is 5.17 Å². The lowest BCUT2D eigenvalue weighted by Crippen LogP contribution is -2.34. The number of aromatic amines is 1. The fourth-order valence-corrected chi connectivity index (χ4v) is 4.68. The van der Waals surface area contributed by atoms with Crippen molar-refractivity contribution in [3.63, 3.8) is 0 Å². The number of amides is 1. The molecule has 0 saturated carbocycles. The highest BCUT2D eigenvalue weighted by Crippen LogP contribution is 2.32. The number of thioether (sulfide) groups is 1. The number of benzene rings is 2. The number of H-pyrrole nitrogens is 1. The van der Waals surface area contributed by atoms with Crippen LogP contribution in [0.1, 0.15) is 17.5 Å². The van der Waals surface area contributed by atoms with Gasteiger partial charge in [-0.1, -0.05) is 41.6 Å². The first-order chi connectivity index (χ1) is 14.5. The highest BCUT2D eigenvalue weighted by molar-refractivity contribution is 8.15. The number of nitrogens with zero attached hydrogens (tertiary/aromatic N) is 2. The number of amidine groups is 1. The van der Waals surface area contributed by atoms with Gasteiger partial charge in [-0.05, 0) is 43.2 Å². The summed E-state index contributed by atoms with van der Waals surface area (Å²) in [6.45, 7) is 2.56. The zero-order valence-electron chi connectivity index (χ0n) is 16.9. The topological polar surface area (TPSA) is 74.8 Å². The Hall–Kier alpha value is -3.06. The third-order valence-corrected chi connectivity index (χ3v) is 6.28. The van der Waals surface area contributed by atoms with Crippen molar-refractivity contribution in [2.75, 3.05) is 13.7 Å². The van der Waals surface area contributed by atoms with E-state index in [0.717, 1.165) is 16.8 Å². The number of para-hydroxylation sites is 1. The summed E-state index contributed by atoms with van der Waals surface area (Å²) in [6, 6.07) is 15.8. The molecule has 6 nitrogen and oxygen atoms in total. The van der Waals surface area contributed by atoms with Gasteiger partial charge < -0.3 is 9.72 Å². The molecule has 4 rings (SSSR count). The molecule has 1 aliphatic heterocycles. The fraction of sp³-hybridized carbons (Fsp3) is 0.261. The van der Waals surface area contributed by atoms with Gasteiger partial charge in [-0.15, -0.1) is 0 Å². The number of aryl methyl sites for hydroxylation is 1. The summed E-state index contributed by atoms with van der Waals surface area (Å²) in [5, 5.41) is 1.28. The summed E-state index contributed by atoms with van der Waals surface area (Å²) in [5.41, 5.74) is 4.21. The number of carbonyl (C=O) groups is 2. The van der Waals surface area contributed by atoms with Crippen molar-refractivity contribution in [3.05, 3.63) is 65.9 Å². The number of hydrogen-bond donors (Lipinski definition) is 1. The largest absolute Gasteiger partial charge is 0.469 e. The smallest absolute Gasteiger partial charge is 0.307 e. The molecule has 3 aromatic rings. The van der Waals surface area contributed by atoms with Crippen LogP contribution in [0, 0.1) is 6.92 Å². The van der Waals surface area contributed by atoms with Crippen LogP contribution in [0.15, 0.2) is 59.7 Å². The van der Waals surface area contributed by atoms with Crippen LogP contribution in [0.25, 0.3) is 10.9 Å². The molecule has 1 saturated heterocycles. The van der Waals surface area contributed by atoms with Crippen LogP contribution in [-0.4, -0.2) is 45.8 Å². The quantitative estimate of drug-likeness (QED) is 0.605. The van der Waals surface area contributed by atoms with E-state index in [0.29, 0.717) is 18.1 Å². The summed E-state index contributed by atoms with van der Waals surface area (Å²) in [4.78, 5) is 34.5. The van der Waals surface area contributed by atoms with Crippen LogP contribution in [0.3, 0.4) is 0 Å². The normalized spacial score (nSPS) is 17.8. The van der Waals surface area contributed by atoms with E-state index in [1.54, 1.807) is 4.90 Å². The standard InChI is InChI=1S/C23H23N3O3S/c1-15-8-9-19-18(12-15)16(14-24-19)10-11-26-22(28)20(13-21(27)29-2)30-23(26)25-17-6-4-3-5-7-17/h3-9,12,14,20,24H,10-11,13H2,1-2H3/t20-/m0/s1. The van der Waals surface area contributed by atoms with Crippen LogP contribution in [0.2, 0.25) is 0 Å². The molecule has 1 fully saturated rings. The highest BCUT2D eigenvalue weighted by Gasteiger charge is 2.39. The molecule has 2 heterocycles. The first-order valence-electron chi connectivity index (χ1n) is 9.80. The number of ether oxygens (including phenoxy) is 1. The zero-order valence-corrected chi connectivity index (χ0v) is 17.7. The molecular weight excluding hydrogens is 398 g/mol. The minimum atomic E-state index is -0.509. The van der Waals surface area contributed by atoms with E-state index in [-0.39, 0.29) is 12.3 Å². The molecule has 0 aliphatic carbocycles. The van der Waals surface area contributed by atoms with Crippen molar-refractivity contribution in [1.29, 1.82) is 0 Å². The van der Waals surface area contributed by atoms with E-state index in [2.05, 4.69) is 35.1 Å². The second-order valence-electron chi connectivity index (χ2n) is 7.22. The Kier molecular flexibility index (Phi) is 5.90. The van der Waals surface area contributed by atoms with Crippen molar-refractivity contribution in [2.45, 2.75) is 25.0 Å². The second kappa shape index (κ2) is 8.75. The number of carbonyl (C=O) groups excluding carboxylic acids is 2. The Bertz CT molecular complexity index is 1110. The number of rotatable bonds is 6. The number of aromatic nitrogens is 1. The van der Waals surface area contributed by atoms with Crippen molar-refractivity contribution < 1.29 is 14.3 Å². The minimum Gasteiger partial charge on any atom is -0.469 e. The van der Waals surface area contributed by atoms with Gasteiger partial charge in [0.05, 0.1) is 19.2 Å². The molecule has 2 aromatic carbocycles. The molecular formula is C23H23N3O3S. The Labute approximate surface area is 179 Å². The molecule has 154 valence electrons. The number of hydrogen-bond acceptors (Lipinski definition) is 5. The Morgan fingerprint density at radius 3 is 2.80 bits per heavy atom. The Balaban J connectivity index is 1.58. The van der Waals surface area contributed by atoms with Gasteiger partial charge in [-0.2, -0.15) is 0 Å². The molecule has 0 radical (unpaired) electrons. The molecule has 1 N–H and O–H groups in total. The highest BCUT2D eigenvalue weighted by atomic mass is 32.2. The molecule has 0 bridgehead atoms. The van der Waals surface area contributed by atoms with Crippen molar-refractivity contribution >= 4 is 45.4 Å². The molecule has 7 heteroatoms. The third kappa shape index (κ3) is 4.26. The van der Waals surface area contributed by atoms with E-state index in [1.165, 1.54) is 29.8 Å². The number of methoxy groups -OCH3 is 1. The van der Waals surface area contributed by atoms with Crippen LogP contribution < -0.4 is 0 Å². The maximum atomic E-state index is 13.0. The SMILES string of the molecule is COC(=O)C[C@@H]1SC(=Nc2ccccc2)N(CCc2c[nH]c3ccc(C)cc23)C1=O. The molecule has 30 heavy (non-hydrogen) atoms. The van der Waals surface area contributed by atoms with Gasteiger partial charge in [0.25, 0.3) is 0 Å². The van der Waals surface area contributed by atoms with Gasteiger partial charge in [-0.3, -0.25) is 14.5 Å². The van der Waals surface area contributed by atoms with E-state index < -0.39 is 11.2 Å².